The minimum Gasteiger partial charge on any atom is -0.306 e. The predicted octanol–water partition coefficient (Wildman–Crippen LogP) is 11.9. The van der Waals surface area contributed by atoms with E-state index in [1.54, 1.807) is 0 Å². The lowest BCUT2D eigenvalue weighted by Gasteiger charge is -2.16. The number of hydrogen-bond donors (Lipinski definition) is 0. The van der Waals surface area contributed by atoms with Gasteiger partial charge in [0.2, 0.25) is 0 Å². The predicted molar refractivity (Wildman–Crippen MR) is 158 cm³/mol. The maximum atomic E-state index is 2.58. The summed E-state index contributed by atoms with van der Waals surface area (Å²) < 4.78 is 0. The molecule has 1 nitrogen and oxygen atoms in total. The number of rotatable bonds is 30. The van der Waals surface area contributed by atoms with Gasteiger partial charge < -0.3 is 4.90 Å². The molecular weight excluding hydrogens is 410 g/mol. The summed E-state index contributed by atoms with van der Waals surface area (Å²) in [4.78, 5) is 2.58. The average molecular weight is 480 g/mol. The van der Waals surface area contributed by atoms with E-state index < -0.39 is 0 Å². The topological polar surface area (TPSA) is 3.24 Å². The summed E-state index contributed by atoms with van der Waals surface area (Å²) in [6.45, 7) is 7.24. The van der Waals surface area contributed by atoms with Crippen LogP contribution >= 0.6 is 0 Å². The number of nitrogens with zero attached hydrogens (tertiary/aromatic N) is 1. The second-order valence-corrected chi connectivity index (χ2v) is 11.5. The first-order valence-electron chi connectivity index (χ1n) is 16.5. The SMILES string of the molecule is CCCCCCCCCCCCCCCCCCCCN(C)CCCCCCCCCCCC. The number of hydrogen-bond acceptors (Lipinski definition) is 1. The zero-order chi connectivity index (χ0) is 24.8. The van der Waals surface area contributed by atoms with Gasteiger partial charge in [-0.25, -0.2) is 0 Å². The van der Waals surface area contributed by atoms with Crippen LogP contribution in [0.3, 0.4) is 0 Å². The molecule has 0 aliphatic carbocycles. The second kappa shape index (κ2) is 31.0. The van der Waals surface area contributed by atoms with Crippen LogP contribution in [-0.2, 0) is 0 Å². The van der Waals surface area contributed by atoms with E-state index in [0.29, 0.717) is 0 Å². The standard InChI is InChI=1S/C33H69N/c1-4-6-8-10-12-14-16-17-18-19-20-21-22-23-25-27-29-31-33-34(3)32-30-28-26-24-15-13-11-9-7-5-2/h4-33H2,1-3H3. The van der Waals surface area contributed by atoms with Gasteiger partial charge in [-0.1, -0.05) is 181 Å². The molecule has 0 aromatic rings. The van der Waals surface area contributed by atoms with Gasteiger partial charge >= 0.3 is 0 Å². The fourth-order valence-electron chi connectivity index (χ4n) is 5.26. The maximum absolute atomic E-state index is 2.58. The Morgan fingerprint density at radius 2 is 0.441 bits per heavy atom. The lowest BCUT2D eigenvalue weighted by Crippen LogP contribution is -2.20. The van der Waals surface area contributed by atoms with Crippen molar-refractivity contribution in [1.29, 1.82) is 0 Å². The first-order chi connectivity index (χ1) is 16.8. The average Bonchev–Trinajstić information content (AvgIpc) is 2.84. The molecule has 0 radical (unpaired) electrons. The molecule has 0 aliphatic heterocycles. The molecule has 206 valence electrons. The van der Waals surface area contributed by atoms with Gasteiger partial charge in [0, 0.05) is 0 Å². The Kier molecular flexibility index (Phi) is 31.0. The molecule has 1 heteroatoms. The molecule has 0 spiro atoms. The van der Waals surface area contributed by atoms with Crippen LogP contribution in [0.5, 0.6) is 0 Å². The molecule has 0 saturated carbocycles. The van der Waals surface area contributed by atoms with Crippen LogP contribution in [0.2, 0.25) is 0 Å². The normalized spacial score (nSPS) is 11.6. The lowest BCUT2D eigenvalue weighted by atomic mass is 10.0. The van der Waals surface area contributed by atoms with Crippen molar-refractivity contribution in [3.63, 3.8) is 0 Å². The van der Waals surface area contributed by atoms with E-state index in [1.165, 1.54) is 193 Å². The summed E-state index contributed by atoms with van der Waals surface area (Å²) in [5.41, 5.74) is 0. The van der Waals surface area contributed by atoms with Crippen molar-refractivity contribution >= 4 is 0 Å². The Morgan fingerprint density at radius 1 is 0.265 bits per heavy atom. The van der Waals surface area contributed by atoms with Crippen LogP contribution < -0.4 is 0 Å². The van der Waals surface area contributed by atoms with Gasteiger partial charge in [0.05, 0.1) is 0 Å². The van der Waals surface area contributed by atoms with Crippen LogP contribution in [0.25, 0.3) is 0 Å². The Morgan fingerprint density at radius 3 is 0.647 bits per heavy atom. The summed E-state index contributed by atoms with van der Waals surface area (Å²) in [5.74, 6) is 0. The Hall–Kier alpha value is -0.0400. The smallest absolute Gasteiger partial charge is 0.00218 e. The van der Waals surface area contributed by atoms with E-state index in [0.717, 1.165) is 0 Å². The zero-order valence-electron chi connectivity index (χ0n) is 24.7. The molecule has 0 rings (SSSR count). The third-order valence-electron chi connectivity index (χ3n) is 7.79. The van der Waals surface area contributed by atoms with E-state index in [-0.39, 0.29) is 0 Å². The third-order valence-corrected chi connectivity index (χ3v) is 7.79. The molecule has 0 amide bonds. The van der Waals surface area contributed by atoms with Crippen molar-refractivity contribution in [3.8, 4) is 0 Å². The number of unbranched alkanes of at least 4 members (excludes halogenated alkanes) is 26. The minimum absolute atomic E-state index is 1.31. The highest BCUT2D eigenvalue weighted by molar-refractivity contribution is 4.55. The molecule has 0 aliphatic rings. The maximum Gasteiger partial charge on any atom is -0.00218 e. The van der Waals surface area contributed by atoms with Gasteiger partial charge in [-0.3, -0.25) is 0 Å². The van der Waals surface area contributed by atoms with Crippen molar-refractivity contribution in [3.05, 3.63) is 0 Å². The van der Waals surface area contributed by atoms with Gasteiger partial charge in [0.1, 0.15) is 0 Å². The summed E-state index contributed by atoms with van der Waals surface area (Å²) >= 11 is 0. The van der Waals surface area contributed by atoms with E-state index in [1.807, 2.05) is 0 Å². The highest BCUT2D eigenvalue weighted by atomic mass is 15.1. The van der Waals surface area contributed by atoms with E-state index >= 15 is 0 Å². The Bertz CT molecular complexity index is 339. The molecule has 0 saturated heterocycles. The highest BCUT2D eigenvalue weighted by Crippen LogP contribution is 2.15. The minimum atomic E-state index is 1.31. The quantitative estimate of drug-likeness (QED) is 0.0925. The largest absolute Gasteiger partial charge is 0.306 e. The molecule has 0 bridgehead atoms. The van der Waals surface area contributed by atoms with Crippen molar-refractivity contribution in [1.82, 2.24) is 4.90 Å². The van der Waals surface area contributed by atoms with Crippen LogP contribution in [0, 0.1) is 0 Å². The van der Waals surface area contributed by atoms with Gasteiger partial charge in [0.15, 0.2) is 0 Å². The van der Waals surface area contributed by atoms with Gasteiger partial charge in [-0.05, 0) is 33.0 Å². The molecule has 0 N–H and O–H groups in total. The molecule has 0 unspecified atom stereocenters. The van der Waals surface area contributed by atoms with E-state index in [9.17, 15) is 0 Å². The van der Waals surface area contributed by atoms with Crippen LogP contribution in [-0.4, -0.2) is 25.0 Å². The fourth-order valence-corrected chi connectivity index (χ4v) is 5.26. The third kappa shape index (κ3) is 30.0. The van der Waals surface area contributed by atoms with E-state index in [2.05, 4.69) is 25.8 Å². The van der Waals surface area contributed by atoms with Crippen LogP contribution in [0.15, 0.2) is 0 Å². The van der Waals surface area contributed by atoms with Crippen molar-refractivity contribution in [2.75, 3.05) is 20.1 Å². The van der Waals surface area contributed by atoms with Crippen molar-refractivity contribution in [2.45, 2.75) is 194 Å². The summed E-state index contributed by atoms with van der Waals surface area (Å²) in [7, 11) is 2.33. The summed E-state index contributed by atoms with van der Waals surface area (Å²) in [5, 5.41) is 0. The summed E-state index contributed by atoms with van der Waals surface area (Å²) in [6, 6.07) is 0. The summed E-state index contributed by atoms with van der Waals surface area (Å²) in [6.07, 6.45) is 40.8. The lowest BCUT2D eigenvalue weighted by molar-refractivity contribution is 0.314. The monoisotopic (exact) mass is 480 g/mol. The fraction of sp³-hybridized carbons (Fsp3) is 1.00. The molecule has 0 heterocycles. The molecule has 0 aromatic carbocycles. The molecule has 0 fully saturated rings. The molecule has 0 atom stereocenters. The zero-order valence-corrected chi connectivity index (χ0v) is 24.7. The Balaban J connectivity index is 3.12. The van der Waals surface area contributed by atoms with Crippen molar-refractivity contribution in [2.24, 2.45) is 0 Å². The Labute approximate surface area is 218 Å². The molecule has 0 aromatic heterocycles. The van der Waals surface area contributed by atoms with Gasteiger partial charge in [-0.15, -0.1) is 0 Å². The van der Waals surface area contributed by atoms with Gasteiger partial charge in [0.25, 0.3) is 0 Å². The second-order valence-electron chi connectivity index (χ2n) is 11.5. The molecular formula is C33H69N. The molecule has 34 heavy (non-hydrogen) atoms. The first kappa shape index (κ1) is 34.0. The van der Waals surface area contributed by atoms with Crippen LogP contribution in [0.1, 0.15) is 194 Å². The van der Waals surface area contributed by atoms with Crippen LogP contribution in [0.4, 0.5) is 0 Å². The van der Waals surface area contributed by atoms with Gasteiger partial charge in [-0.2, -0.15) is 0 Å². The van der Waals surface area contributed by atoms with E-state index in [4.69, 9.17) is 0 Å². The first-order valence-corrected chi connectivity index (χ1v) is 16.5. The van der Waals surface area contributed by atoms with Crippen molar-refractivity contribution < 1.29 is 0 Å². The highest BCUT2D eigenvalue weighted by Gasteiger charge is 1.99.